The highest BCUT2D eigenvalue weighted by molar-refractivity contribution is 6.12. The molecule has 3 heterocycles. The van der Waals surface area contributed by atoms with Gasteiger partial charge in [0.25, 0.3) is 0 Å². The lowest BCUT2D eigenvalue weighted by Gasteiger charge is -2.45. The number of para-hydroxylation sites is 2. The first-order valence-electron chi connectivity index (χ1n) is 19.4. The number of furan rings is 1. The van der Waals surface area contributed by atoms with Crippen LogP contribution in [0.25, 0.3) is 39.8 Å². The first kappa shape index (κ1) is 30.8. The second-order valence-electron chi connectivity index (χ2n) is 15.6. The molecule has 2 aromatic heterocycles. The van der Waals surface area contributed by atoms with Crippen LogP contribution >= 0.6 is 0 Å². The molecule has 1 aliphatic heterocycles. The molecule has 0 spiro atoms. The molecular formula is C49H42N2O2. The van der Waals surface area contributed by atoms with Crippen LogP contribution in [0.4, 0.5) is 5.69 Å². The molecule has 260 valence electrons. The van der Waals surface area contributed by atoms with Crippen molar-refractivity contribution in [1.29, 1.82) is 0 Å². The molecule has 0 N–H and O–H groups in total. The zero-order valence-electron chi connectivity index (χ0n) is 30.1. The summed E-state index contributed by atoms with van der Waals surface area (Å²) in [5.74, 6) is 2.77. The van der Waals surface area contributed by atoms with E-state index in [1.54, 1.807) is 0 Å². The largest absolute Gasteiger partial charge is 0.459 e. The van der Waals surface area contributed by atoms with Crippen LogP contribution in [0.3, 0.4) is 0 Å². The van der Waals surface area contributed by atoms with Crippen LogP contribution in [0, 0.1) is 11.8 Å². The smallest absolute Gasteiger partial charge is 0.150 e. The molecule has 0 amide bonds. The maximum atomic E-state index is 6.83. The summed E-state index contributed by atoms with van der Waals surface area (Å²) < 4.78 is 15.8. The first-order valence-corrected chi connectivity index (χ1v) is 19.4. The Morgan fingerprint density at radius 1 is 0.811 bits per heavy atom. The lowest BCUT2D eigenvalue weighted by Crippen LogP contribution is -2.46. The third-order valence-corrected chi connectivity index (χ3v) is 12.4. The standard InChI is InChI=1S/C49H42N2O2/c1-49(29-27-32(28-30-49)33-25-26-41-39(31-33)35-15-5-8-19-40(35)50(41)34-13-3-2-4-14-34)51(42-20-12-24-46-47(42)38-17-7-10-23-45(38)52-46)43-21-11-18-37-36-16-6-9-22-44(36)53-48(37)43/h2-4,6-10,12-14,17-20,22-29,33,36H,5,11,15-16,21,30-31H2,1H3. The van der Waals surface area contributed by atoms with E-state index >= 15 is 0 Å². The van der Waals surface area contributed by atoms with Gasteiger partial charge in [-0.3, -0.25) is 0 Å². The van der Waals surface area contributed by atoms with Gasteiger partial charge < -0.3 is 18.6 Å². The monoisotopic (exact) mass is 690 g/mol. The quantitative estimate of drug-likeness (QED) is 0.184. The number of aromatic nitrogens is 1. The number of hydrogen-bond acceptors (Lipinski definition) is 3. The van der Waals surface area contributed by atoms with E-state index in [-0.39, 0.29) is 5.54 Å². The molecule has 5 aromatic rings. The summed E-state index contributed by atoms with van der Waals surface area (Å²) >= 11 is 0. The van der Waals surface area contributed by atoms with E-state index in [1.165, 1.54) is 50.7 Å². The summed E-state index contributed by atoms with van der Waals surface area (Å²) in [6, 6.07) is 25.9. The number of ether oxygens (including phenoxy) is 1. The zero-order chi connectivity index (χ0) is 35.1. The summed E-state index contributed by atoms with van der Waals surface area (Å²) in [5, 5.41) is 2.31. The van der Waals surface area contributed by atoms with Crippen molar-refractivity contribution < 1.29 is 9.15 Å². The lowest BCUT2D eigenvalue weighted by atomic mass is 9.79. The molecular weight excluding hydrogens is 649 g/mol. The molecule has 4 nitrogen and oxygen atoms in total. The number of rotatable bonds is 5. The molecule has 4 heteroatoms. The van der Waals surface area contributed by atoms with Gasteiger partial charge in [0.15, 0.2) is 0 Å². The SMILES string of the molecule is CC1(N(C2=C3OC4=CC=CCC4C3=CCC2)c2cccc3oc4ccccc4c23)C=CC(C2C=Cc3c(c4c(n3-c3ccccc3)C=CCC4)C2)=CC1. The number of nitrogens with zero attached hydrogens (tertiary/aromatic N) is 2. The zero-order valence-corrected chi connectivity index (χ0v) is 30.1. The van der Waals surface area contributed by atoms with Crippen molar-refractivity contribution in [2.24, 2.45) is 11.8 Å². The molecule has 1 saturated heterocycles. The first-order chi connectivity index (χ1) is 26.1. The maximum absolute atomic E-state index is 6.83. The van der Waals surface area contributed by atoms with Crippen molar-refractivity contribution in [2.75, 3.05) is 4.90 Å². The van der Waals surface area contributed by atoms with Gasteiger partial charge in [0, 0.05) is 39.9 Å². The minimum Gasteiger partial charge on any atom is -0.459 e. The van der Waals surface area contributed by atoms with E-state index < -0.39 is 0 Å². The fourth-order valence-electron chi connectivity index (χ4n) is 9.90. The Bertz CT molecular complexity index is 2600. The van der Waals surface area contributed by atoms with Gasteiger partial charge in [-0.15, -0.1) is 0 Å². The summed E-state index contributed by atoms with van der Waals surface area (Å²) in [7, 11) is 0. The van der Waals surface area contributed by atoms with Gasteiger partial charge in [-0.2, -0.15) is 0 Å². The molecule has 3 atom stereocenters. The van der Waals surface area contributed by atoms with Crippen molar-refractivity contribution in [2.45, 2.75) is 57.4 Å². The molecule has 5 aliphatic carbocycles. The minimum atomic E-state index is -0.325. The van der Waals surface area contributed by atoms with E-state index in [1.807, 2.05) is 0 Å². The van der Waals surface area contributed by atoms with Crippen LogP contribution < -0.4 is 4.90 Å². The predicted molar refractivity (Wildman–Crippen MR) is 217 cm³/mol. The fraction of sp³-hybridized carbons (Fsp3) is 0.224. The van der Waals surface area contributed by atoms with E-state index in [2.05, 4.69) is 156 Å². The van der Waals surface area contributed by atoms with Gasteiger partial charge in [0.1, 0.15) is 22.7 Å². The second-order valence-corrected chi connectivity index (χ2v) is 15.6. The fourth-order valence-corrected chi connectivity index (χ4v) is 9.90. The van der Waals surface area contributed by atoms with Gasteiger partial charge in [-0.1, -0.05) is 91.1 Å². The van der Waals surface area contributed by atoms with E-state index in [0.717, 1.165) is 78.4 Å². The van der Waals surface area contributed by atoms with Crippen LogP contribution in [0.15, 0.2) is 160 Å². The van der Waals surface area contributed by atoms with E-state index in [9.17, 15) is 0 Å². The molecule has 6 aliphatic rings. The Morgan fingerprint density at radius 2 is 1.68 bits per heavy atom. The second kappa shape index (κ2) is 11.9. The van der Waals surface area contributed by atoms with Gasteiger partial charge in [-0.25, -0.2) is 0 Å². The highest BCUT2D eigenvalue weighted by Gasteiger charge is 2.42. The molecule has 0 saturated carbocycles. The van der Waals surface area contributed by atoms with Crippen LogP contribution in [-0.4, -0.2) is 10.1 Å². The topological polar surface area (TPSA) is 30.5 Å². The number of anilines is 1. The van der Waals surface area contributed by atoms with E-state index in [4.69, 9.17) is 9.15 Å². The number of fused-ring (bicyclic) bond motifs is 9. The van der Waals surface area contributed by atoms with Crippen molar-refractivity contribution >= 4 is 39.8 Å². The Kier molecular flexibility index (Phi) is 6.92. The molecule has 53 heavy (non-hydrogen) atoms. The summed E-state index contributed by atoms with van der Waals surface area (Å²) in [5.41, 5.74) is 13.7. The molecule has 11 rings (SSSR count). The molecule has 3 unspecified atom stereocenters. The minimum absolute atomic E-state index is 0.305. The predicted octanol–water partition coefficient (Wildman–Crippen LogP) is 12.1. The van der Waals surface area contributed by atoms with Crippen molar-refractivity contribution in [3.63, 3.8) is 0 Å². The number of benzene rings is 3. The third-order valence-electron chi connectivity index (χ3n) is 12.4. The van der Waals surface area contributed by atoms with Crippen LogP contribution in [0.2, 0.25) is 0 Å². The Balaban J connectivity index is 0.997. The average Bonchev–Trinajstić information content (AvgIpc) is 3.89. The van der Waals surface area contributed by atoms with Crippen LogP contribution in [0.1, 0.15) is 61.5 Å². The molecule has 0 bridgehead atoms. The third kappa shape index (κ3) is 4.74. The highest BCUT2D eigenvalue weighted by atomic mass is 16.5. The Morgan fingerprint density at radius 3 is 2.58 bits per heavy atom. The van der Waals surface area contributed by atoms with E-state index in [0.29, 0.717) is 11.8 Å². The Labute approximate surface area is 310 Å². The summed E-state index contributed by atoms with van der Waals surface area (Å²) in [4.78, 5) is 2.62. The molecule has 1 fully saturated rings. The molecule has 3 aromatic carbocycles. The van der Waals surface area contributed by atoms with Crippen LogP contribution in [-0.2, 0) is 17.6 Å². The van der Waals surface area contributed by atoms with Gasteiger partial charge >= 0.3 is 0 Å². The number of hydrogen-bond donors (Lipinski definition) is 0. The van der Waals surface area contributed by atoms with Gasteiger partial charge in [0.2, 0.25) is 0 Å². The van der Waals surface area contributed by atoms with Gasteiger partial charge in [-0.05, 0) is 117 Å². The summed E-state index contributed by atoms with van der Waals surface area (Å²) in [6.07, 6.45) is 33.0. The van der Waals surface area contributed by atoms with Crippen molar-refractivity contribution in [1.82, 2.24) is 4.57 Å². The Hall–Kier alpha value is -5.74. The van der Waals surface area contributed by atoms with Crippen LogP contribution in [0.5, 0.6) is 0 Å². The summed E-state index contributed by atoms with van der Waals surface area (Å²) in [6.45, 7) is 2.41. The highest BCUT2D eigenvalue weighted by Crippen LogP contribution is 2.51. The normalized spacial score (nSPS) is 24.0. The average molecular weight is 691 g/mol. The van der Waals surface area contributed by atoms with Gasteiger partial charge in [0.05, 0.1) is 22.3 Å². The maximum Gasteiger partial charge on any atom is 0.150 e. The number of allylic oxidation sites excluding steroid dienone is 11. The molecule has 0 radical (unpaired) electrons. The lowest BCUT2D eigenvalue weighted by molar-refractivity contribution is 0.318. The van der Waals surface area contributed by atoms with Crippen molar-refractivity contribution in [3.05, 3.63) is 178 Å². The van der Waals surface area contributed by atoms with Crippen molar-refractivity contribution in [3.8, 4) is 5.69 Å².